The number of hydrogen-bond donors (Lipinski definition) is 4. The molecule has 8 nitrogen and oxygen atoms in total. The second-order valence-corrected chi connectivity index (χ2v) is 7.02. The summed E-state index contributed by atoms with van der Waals surface area (Å²) in [6.07, 6.45) is 4.45. The minimum absolute atomic E-state index is 0.276. The molecule has 0 radical (unpaired) electrons. The number of carbonyl (C=O) groups excluding carboxylic acids is 2. The number of nitrogens with zero attached hydrogens (tertiary/aromatic N) is 2. The standard InChI is InChI=1S/C20H26N6O2/c21-19(27)17-9-3-5-13(25-17)11-23-15-7-1-2-8-16(15)24-12-14-6-4-10-18(26-14)20(22)28/h3-6,9-10,15-16,23-24H,1-2,7-8,11-12H2,(H2,21,27)(H2,22,28)/t15-,16-/m1/s1. The van der Waals surface area contributed by atoms with Crippen molar-refractivity contribution >= 4 is 11.8 Å². The summed E-state index contributed by atoms with van der Waals surface area (Å²) in [5, 5.41) is 7.10. The van der Waals surface area contributed by atoms with Gasteiger partial charge in [0, 0.05) is 25.2 Å². The normalized spacial score (nSPS) is 19.3. The Balaban J connectivity index is 1.58. The van der Waals surface area contributed by atoms with E-state index in [9.17, 15) is 9.59 Å². The average molecular weight is 382 g/mol. The number of hydrogen-bond acceptors (Lipinski definition) is 6. The Bertz CT molecular complexity index is 771. The average Bonchev–Trinajstić information content (AvgIpc) is 2.71. The lowest BCUT2D eigenvalue weighted by Gasteiger charge is -2.33. The van der Waals surface area contributed by atoms with Gasteiger partial charge >= 0.3 is 0 Å². The summed E-state index contributed by atoms with van der Waals surface area (Å²) >= 11 is 0. The summed E-state index contributed by atoms with van der Waals surface area (Å²) in [5.74, 6) is -1.05. The van der Waals surface area contributed by atoms with Gasteiger partial charge < -0.3 is 22.1 Å². The van der Waals surface area contributed by atoms with Crippen LogP contribution >= 0.6 is 0 Å². The highest BCUT2D eigenvalue weighted by Gasteiger charge is 2.24. The molecule has 0 bridgehead atoms. The molecule has 1 saturated carbocycles. The molecule has 1 fully saturated rings. The van der Waals surface area contributed by atoms with Gasteiger partial charge in [0.2, 0.25) is 0 Å². The minimum atomic E-state index is -0.523. The van der Waals surface area contributed by atoms with Gasteiger partial charge in [-0.25, -0.2) is 9.97 Å². The second-order valence-electron chi connectivity index (χ2n) is 7.02. The monoisotopic (exact) mass is 382 g/mol. The van der Waals surface area contributed by atoms with E-state index >= 15 is 0 Å². The van der Waals surface area contributed by atoms with Crippen LogP contribution < -0.4 is 22.1 Å². The van der Waals surface area contributed by atoms with E-state index < -0.39 is 11.8 Å². The predicted octanol–water partition coefficient (Wildman–Crippen LogP) is 0.865. The Labute approximate surface area is 164 Å². The number of aromatic nitrogens is 2. The molecule has 2 atom stereocenters. The molecule has 148 valence electrons. The second kappa shape index (κ2) is 9.38. The van der Waals surface area contributed by atoms with Gasteiger partial charge in [0.05, 0.1) is 11.4 Å². The van der Waals surface area contributed by atoms with E-state index in [1.54, 1.807) is 24.3 Å². The Morgan fingerprint density at radius 2 is 1.25 bits per heavy atom. The molecular weight excluding hydrogens is 356 g/mol. The molecule has 2 aromatic rings. The van der Waals surface area contributed by atoms with E-state index in [-0.39, 0.29) is 23.5 Å². The zero-order chi connectivity index (χ0) is 19.9. The SMILES string of the molecule is NC(=O)c1cccc(CN[C@@H]2CCCC[C@H]2NCc2cccc(C(N)=O)n2)n1. The highest BCUT2D eigenvalue weighted by molar-refractivity contribution is 5.91. The van der Waals surface area contributed by atoms with Crippen LogP contribution in [-0.4, -0.2) is 33.9 Å². The largest absolute Gasteiger partial charge is 0.364 e. The van der Waals surface area contributed by atoms with Crippen molar-refractivity contribution in [1.29, 1.82) is 0 Å². The molecule has 2 aromatic heterocycles. The van der Waals surface area contributed by atoms with Crippen molar-refractivity contribution in [3.05, 3.63) is 59.2 Å². The van der Waals surface area contributed by atoms with Crippen LogP contribution in [0.4, 0.5) is 0 Å². The summed E-state index contributed by atoms with van der Waals surface area (Å²) in [7, 11) is 0. The number of amides is 2. The first kappa shape index (κ1) is 19.9. The molecule has 2 heterocycles. The fourth-order valence-corrected chi connectivity index (χ4v) is 3.52. The molecule has 28 heavy (non-hydrogen) atoms. The molecule has 0 aromatic carbocycles. The van der Waals surface area contributed by atoms with Crippen LogP contribution in [0.2, 0.25) is 0 Å². The Hall–Kier alpha value is -2.84. The minimum Gasteiger partial charge on any atom is -0.364 e. The first-order valence-corrected chi connectivity index (χ1v) is 9.51. The molecule has 6 N–H and O–H groups in total. The number of rotatable bonds is 8. The molecule has 0 saturated heterocycles. The summed E-state index contributed by atoms with van der Waals surface area (Å²) in [6.45, 7) is 1.14. The zero-order valence-corrected chi connectivity index (χ0v) is 15.7. The van der Waals surface area contributed by atoms with Crippen LogP contribution in [0.15, 0.2) is 36.4 Å². The smallest absolute Gasteiger partial charge is 0.267 e. The highest BCUT2D eigenvalue weighted by atomic mass is 16.1. The molecule has 0 aliphatic heterocycles. The van der Waals surface area contributed by atoms with Crippen molar-refractivity contribution in [3.8, 4) is 0 Å². The lowest BCUT2D eigenvalue weighted by molar-refractivity contribution is 0.0987. The van der Waals surface area contributed by atoms with E-state index in [1.807, 2.05) is 12.1 Å². The van der Waals surface area contributed by atoms with Crippen molar-refractivity contribution < 1.29 is 9.59 Å². The van der Waals surface area contributed by atoms with E-state index in [0.29, 0.717) is 13.1 Å². The molecule has 3 rings (SSSR count). The first-order valence-electron chi connectivity index (χ1n) is 9.51. The van der Waals surface area contributed by atoms with Gasteiger partial charge in [-0.2, -0.15) is 0 Å². The maximum absolute atomic E-state index is 11.3. The van der Waals surface area contributed by atoms with E-state index in [4.69, 9.17) is 11.5 Å². The van der Waals surface area contributed by atoms with Gasteiger partial charge in [-0.3, -0.25) is 9.59 Å². The molecule has 0 unspecified atom stereocenters. The van der Waals surface area contributed by atoms with Crippen LogP contribution in [0.1, 0.15) is 58.0 Å². The maximum Gasteiger partial charge on any atom is 0.267 e. The van der Waals surface area contributed by atoms with E-state index in [2.05, 4.69) is 20.6 Å². The Kier molecular flexibility index (Phi) is 6.67. The van der Waals surface area contributed by atoms with Crippen LogP contribution in [0.5, 0.6) is 0 Å². The van der Waals surface area contributed by atoms with Gasteiger partial charge in [0.1, 0.15) is 11.4 Å². The Morgan fingerprint density at radius 3 is 1.64 bits per heavy atom. The third-order valence-electron chi connectivity index (χ3n) is 4.98. The number of nitrogens with one attached hydrogen (secondary N) is 2. The summed E-state index contributed by atoms with van der Waals surface area (Å²) < 4.78 is 0. The van der Waals surface area contributed by atoms with Gasteiger partial charge in [-0.1, -0.05) is 25.0 Å². The molecule has 0 spiro atoms. The van der Waals surface area contributed by atoms with Gasteiger partial charge in [-0.05, 0) is 37.1 Å². The summed E-state index contributed by atoms with van der Waals surface area (Å²) in [5.41, 5.74) is 12.7. The quantitative estimate of drug-likeness (QED) is 0.535. The summed E-state index contributed by atoms with van der Waals surface area (Å²) in [4.78, 5) is 31.2. The highest BCUT2D eigenvalue weighted by Crippen LogP contribution is 2.19. The van der Waals surface area contributed by atoms with Crippen LogP contribution in [-0.2, 0) is 13.1 Å². The van der Waals surface area contributed by atoms with Gasteiger partial charge in [0.25, 0.3) is 11.8 Å². The number of nitrogens with two attached hydrogens (primary N) is 2. The van der Waals surface area contributed by atoms with Crippen LogP contribution in [0.3, 0.4) is 0 Å². The number of pyridine rings is 2. The number of carbonyl (C=O) groups is 2. The van der Waals surface area contributed by atoms with Gasteiger partial charge in [-0.15, -0.1) is 0 Å². The molecule has 1 aliphatic rings. The number of primary amides is 2. The van der Waals surface area contributed by atoms with E-state index in [1.165, 1.54) is 12.8 Å². The topological polar surface area (TPSA) is 136 Å². The van der Waals surface area contributed by atoms with Crippen molar-refractivity contribution in [1.82, 2.24) is 20.6 Å². The fourth-order valence-electron chi connectivity index (χ4n) is 3.52. The van der Waals surface area contributed by atoms with Crippen LogP contribution in [0, 0.1) is 0 Å². The molecular formula is C20H26N6O2. The molecule has 1 aliphatic carbocycles. The zero-order valence-electron chi connectivity index (χ0n) is 15.7. The fraction of sp³-hybridized carbons (Fsp3) is 0.400. The van der Waals surface area contributed by atoms with Crippen molar-refractivity contribution in [3.63, 3.8) is 0 Å². The van der Waals surface area contributed by atoms with E-state index in [0.717, 1.165) is 24.2 Å². The predicted molar refractivity (Wildman–Crippen MR) is 105 cm³/mol. The molecule has 8 heteroatoms. The maximum atomic E-state index is 11.3. The third-order valence-corrected chi connectivity index (χ3v) is 4.98. The lowest BCUT2D eigenvalue weighted by Crippen LogP contribution is -2.49. The van der Waals surface area contributed by atoms with Gasteiger partial charge in [0.15, 0.2) is 0 Å². The molecule has 2 amide bonds. The van der Waals surface area contributed by atoms with Crippen molar-refractivity contribution in [2.45, 2.75) is 50.9 Å². The van der Waals surface area contributed by atoms with Crippen molar-refractivity contribution in [2.24, 2.45) is 11.5 Å². The lowest BCUT2D eigenvalue weighted by atomic mass is 9.90. The van der Waals surface area contributed by atoms with Crippen molar-refractivity contribution in [2.75, 3.05) is 0 Å². The Morgan fingerprint density at radius 1 is 0.821 bits per heavy atom. The summed E-state index contributed by atoms with van der Waals surface area (Å²) in [6, 6.07) is 11.1. The van der Waals surface area contributed by atoms with Crippen LogP contribution in [0.25, 0.3) is 0 Å². The third kappa shape index (κ3) is 5.34. The first-order chi connectivity index (χ1) is 13.5.